The van der Waals surface area contributed by atoms with Gasteiger partial charge >= 0.3 is 5.97 Å². The molecule has 1 aromatic heterocycles. The summed E-state index contributed by atoms with van der Waals surface area (Å²) in [5.41, 5.74) is 6.32. The van der Waals surface area contributed by atoms with Crippen LogP contribution < -0.4 is 5.73 Å². The Morgan fingerprint density at radius 2 is 1.75 bits per heavy atom. The van der Waals surface area contributed by atoms with Gasteiger partial charge in [-0.1, -0.05) is 18.2 Å². The Bertz CT molecular complexity index is 567. The van der Waals surface area contributed by atoms with E-state index in [2.05, 4.69) is 4.98 Å². The van der Waals surface area contributed by atoms with Crippen LogP contribution in [0.15, 0.2) is 48.7 Å². The fraction of sp³-hybridized carbons (Fsp3) is 0.0714. The number of aromatic nitrogens is 1. The van der Waals surface area contributed by atoms with Gasteiger partial charge in [0.2, 0.25) is 5.91 Å². The molecule has 0 unspecified atom stereocenters. The first-order valence-corrected chi connectivity index (χ1v) is 5.68. The summed E-state index contributed by atoms with van der Waals surface area (Å²) in [6.07, 6.45) is 1.45. The predicted molar refractivity (Wildman–Crippen MR) is 72.1 cm³/mol. The van der Waals surface area contributed by atoms with Gasteiger partial charge in [-0.3, -0.25) is 4.79 Å². The van der Waals surface area contributed by atoms with Gasteiger partial charge in [0.15, 0.2) is 0 Å². The van der Waals surface area contributed by atoms with Gasteiger partial charge in [0.25, 0.3) is 0 Å². The van der Waals surface area contributed by atoms with Gasteiger partial charge < -0.3 is 15.9 Å². The van der Waals surface area contributed by atoms with E-state index in [9.17, 15) is 9.59 Å². The van der Waals surface area contributed by atoms with Crippen LogP contribution in [0, 0.1) is 0 Å². The molecule has 1 heterocycles. The van der Waals surface area contributed by atoms with Crippen molar-refractivity contribution in [3.63, 3.8) is 0 Å². The lowest BCUT2D eigenvalue weighted by molar-refractivity contribution is 0.0690. The quantitative estimate of drug-likeness (QED) is 0.774. The van der Waals surface area contributed by atoms with Crippen molar-refractivity contribution in [1.82, 2.24) is 4.98 Å². The van der Waals surface area contributed by atoms with Crippen molar-refractivity contribution in [2.45, 2.75) is 6.61 Å². The molecule has 0 atom stereocenters. The van der Waals surface area contributed by atoms with Gasteiger partial charge in [-0.25, -0.2) is 9.78 Å². The summed E-state index contributed by atoms with van der Waals surface area (Å²) in [7, 11) is 0. The fourth-order valence-electron chi connectivity index (χ4n) is 1.26. The Morgan fingerprint density at radius 1 is 1.10 bits per heavy atom. The number of primary amides is 1. The van der Waals surface area contributed by atoms with Crippen LogP contribution in [-0.4, -0.2) is 27.1 Å². The first kappa shape index (κ1) is 15.3. The first-order chi connectivity index (χ1) is 9.54. The highest BCUT2D eigenvalue weighted by atomic mass is 16.4. The molecule has 0 aliphatic carbocycles. The number of aromatic carboxylic acids is 1. The van der Waals surface area contributed by atoms with E-state index in [0.29, 0.717) is 5.56 Å². The molecule has 0 radical (unpaired) electrons. The number of aliphatic hydroxyl groups excluding tert-OH is 1. The maximum absolute atomic E-state index is 10.6. The summed E-state index contributed by atoms with van der Waals surface area (Å²) in [5.74, 6) is -1.44. The number of benzene rings is 1. The topological polar surface area (TPSA) is 114 Å². The lowest BCUT2D eigenvalue weighted by atomic mass is 10.1. The summed E-state index contributed by atoms with van der Waals surface area (Å²) in [6.45, 7) is -0.0148. The Morgan fingerprint density at radius 3 is 2.10 bits per heavy atom. The molecule has 20 heavy (non-hydrogen) atoms. The summed E-state index contributed by atoms with van der Waals surface area (Å²) in [5, 5.41) is 17.0. The van der Waals surface area contributed by atoms with Crippen molar-refractivity contribution in [2.24, 2.45) is 5.73 Å². The second-order valence-electron chi connectivity index (χ2n) is 3.74. The van der Waals surface area contributed by atoms with Crippen LogP contribution in [0.4, 0.5) is 0 Å². The van der Waals surface area contributed by atoms with Crippen molar-refractivity contribution in [3.05, 3.63) is 65.5 Å². The van der Waals surface area contributed by atoms with Gasteiger partial charge in [0.05, 0.1) is 6.61 Å². The molecule has 1 aromatic carbocycles. The third-order valence-electron chi connectivity index (χ3n) is 2.31. The van der Waals surface area contributed by atoms with E-state index >= 15 is 0 Å². The molecule has 0 aliphatic heterocycles. The molecule has 0 bridgehead atoms. The standard InChI is InChI=1S/C8H9NO2.C6H5NO2/c9-8(11)7-3-1-6(5-10)2-4-7;8-6(9)5-3-1-2-4-7-5/h1-4,10H,5H2,(H2,9,11);1-4H,(H,8,9). The highest BCUT2D eigenvalue weighted by molar-refractivity contribution is 5.92. The zero-order valence-electron chi connectivity index (χ0n) is 10.6. The smallest absolute Gasteiger partial charge is 0.354 e. The van der Waals surface area contributed by atoms with Crippen molar-refractivity contribution in [3.8, 4) is 0 Å². The highest BCUT2D eigenvalue weighted by Gasteiger charge is 1.99. The lowest BCUT2D eigenvalue weighted by Gasteiger charge is -1.96. The third-order valence-corrected chi connectivity index (χ3v) is 2.31. The summed E-state index contributed by atoms with van der Waals surface area (Å²) in [4.78, 5) is 24.3. The molecule has 0 spiro atoms. The number of rotatable bonds is 3. The Labute approximate surface area is 115 Å². The average molecular weight is 274 g/mol. The molecule has 0 fully saturated rings. The molecule has 0 aliphatic rings. The molecule has 2 aromatic rings. The van der Waals surface area contributed by atoms with Crippen molar-refractivity contribution in [2.75, 3.05) is 0 Å². The number of carbonyl (C=O) groups is 2. The van der Waals surface area contributed by atoms with Crippen molar-refractivity contribution < 1.29 is 19.8 Å². The molecule has 4 N–H and O–H groups in total. The van der Waals surface area contributed by atoms with Crippen LogP contribution in [0.1, 0.15) is 26.4 Å². The summed E-state index contributed by atoms with van der Waals surface area (Å²) >= 11 is 0. The number of carbonyl (C=O) groups excluding carboxylic acids is 1. The molecule has 0 saturated carbocycles. The molecular weight excluding hydrogens is 260 g/mol. The minimum atomic E-state index is -0.990. The number of carboxylic acids is 1. The number of amides is 1. The van der Waals surface area contributed by atoms with Crippen LogP contribution >= 0.6 is 0 Å². The number of nitrogens with two attached hydrogens (primary N) is 1. The van der Waals surface area contributed by atoms with Gasteiger partial charge in [0, 0.05) is 11.8 Å². The second kappa shape index (κ2) is 7.65. The maximum atomic E-state index is 10.6. The minimum Gasteiger partial charge on any atom is -0.477 e. The monoisotopic (exact) mass is 274 g/mol. The largest absolute Gasteiger partial charge is 0.477 e. The van der Waals surface area contributed by atoms with Gasteiger partial charge in [-0.05, 0) is 29.8 Å². The van der Waals surface area contributed by atoms with E-state index in [4.69, 9.17) is 15.9 Å². The van der Waals surface area contributed by atoms with E-state index in [1.807, 2.05) is 0 Å². The van der Waals surface area contributed by atoms with Crippen LogP contribution in [0.5, 0.6) is 0 Å². The van der Waals surface area contributed by atoms with Gasteiger partial charge in [-0.2, -0.15) is 0 Å². The molecule has 1 amide bonds. The zero-order valence-corrected chi connectivity index (χ0v) is 10.6. The number of aliphatic hydroxyl groups is 1. The fourth-order valence-corrected chi connectivity index (χ4v) is 1.26. The number of pyridine rings is 1. The van der Waals surface area contributed by atoms with Crippen molar-refractivity contribution >= 4 is 11.9 Å². The summed E-state index contributed by atoms with van der Waals surface area (Å²) < 4.78 is 0. The van der Waals surface area contributed by atoms with Crippen LogP contribution in [0.2, 0.25) is 0 Å². The molecule has 6 nitrogen and oxygen atoms in total. The molecule has 0 saturated heterocycles. The predicted octanol–water partition coefficient (Wildman–Crippen LogP) is 1.06. The summed E-state index contributed by atoms with van der Waals surface area (Å²) in [6, 6.07) is 11.3. The third kappa shape index (κ3) is 4.87. The normalized spacial score (nSPS) is 9.25. The molecule has 6 heteroatoms. The Kier molecular flexibility index (Phi) is 5.86. The minimum absolute atomic E-state index is 0.0148. The molecular formula is C14H14N2O4. The van der Waals surface area contributed by atoms with Gasteiger partial charge in [-0.15, -0.1) is 0 Å². The Hall–Kier alpha value is -2.73. The zero-order chi connectivity index (χ0) is 15.0. The van der Waals surface area contributed by atoms with Crippen LogP contribution in [0.3, 0.4) is 0 Å². The van der Waals surface area contributed by atoms with E-state index in [0.717, 1.165) is 5.56 Å². The highest BCUT2D eigenvalue weighted by Crippen LogP contribution is 2.02. The maximum Gasteiger partial charge on any atom is 0.354 e. The van der Waals surface area contributed by atoms with Crippen molar-refractivity contribution in [1.29, 1.82) is 0 Å². The van der Waals surface area contributed by atoms with E-state index in [1.54, 1.807) is 36.4 Å². The number of hydrogen-bond acceptors (Lipinski definition) is 4. The number of carboxylic acid groups (broad SMARTS) is 1. The number of nitrogens with zero attached hydrogens (tertiary/aromatic N) is 1. The van der Waals surface area contributed by atoms with E-state index < -0.39 is 11.9 Å². The number of hydrogen-bond donors (Lipinski definition) is 3. The SMILES string of the molecule is NC(=O)c1ccc(CO)cc1.O=C(O)c1ccccn1. The average Bonchev–Trinajstić information content (AvgIpc) is 2.49. The first-order valence-electron chi connectivity index (χ1n) is 5.68. The van der Waals surface area contributed by atoms with Crippen LogP contribution in [-0.2, 0) is 6.61 Å². The molecule has 2 rings (SSSR count). The molecule has 104 valence electrons. The van der Waals surface area contributed by atoms with Crippen LogP contribution in [0.25, 0.3) is 0 Å². The van der Waals surface area contributed by atoms with E-state index in [-0.39, 0.29) is 12.3 Å². The second-order valence-corrected chi connectivity index (χ2v) is 3.74. The Balaban J connectivity index is 0.000000204. The van der Waals surface area contributed by atoms with E-state index in [1.165, 1.54) is 12.3 Å². The lowest BCUT2D eigenvalue weighted by Crippen LogP contribution is -2.10. The van der Waals surface area contributed by atoms with Gasteiger partial charge in [0.1, 0.15) is 5.69 Å².